The largest absolute Gasteiger partial charge is 0.289 e. The Hall–Kier alpha value is -1.41. The molecule has 0 fully saturated rings. The number of halogens is 1. The van der Waals surface area contributed by atoms with Gasteiger partial charge in [-0.1, -0.05) is 61.0 Å². The van der Waals surface area contributed by atoms with Crippen LogP contribution in [0.3, 0.4) is 0 Å². The first-order chi connectivity index (χ1) is 9.29. The van der Waals surface area contributed by atoms with Crippen molar-refractivity contribution >= 4 is 21.7 Å². The van der Waals surface area contributed by atoms with Crippen LogP contribution in [0.1, 0.15) is 47.8 Å². The van der Waals surface area contributed by atoms with Gasteiger partial charge in [-0.15, -0.1) is 0 Å². The van der Waals surface area contributed by atoms with Crippen molar-refractivity contribution in [3.8, 4) is 0 Å². The van der Waals surface area contributed by atoms with Gasteiger partial charge in [0.25, 0.3) is 0 Å². The third kappa shape index (κ3) is 3.18. The van der Waals surface area contributed by atoms with E-state index in [1.54, 1.807) is 0 Å². The van der Waals surface area contributed by atoms with Gasteiger partial charge < -0.3 is 0 Å². The Labute approximate surface area is 129 Å². The van der Waals surface area contributed by atoms with Crippen molar-refractivity contribution in [1.29, 1.82) is 0 Å². The first-order valence-electron chi connectivity index (χ1n) is 6.70. The molecule has 0 spiro atoms. The molecule has 0 aliphatic rings. The predicted octanol–water partition coefficient (Wildman–Crippen LogP) is 5.29. The first-order valence-corrected chi connectivity index (χ1v) is 7.50. The van der Waals surface area contributed by atoms with Gasteiger partial charge in [0, 0.05) is 15.6 Å². The molecule has 2 rings (SSSR count). The Morgan fingerprint density at radius 2 is 1.60 bits per heavy atom. The molecule has 0 N–H and O–H groups in total. The topological polar surface area (TPSA) is 17.1 Å². The van der Waals surface area contributed by atoms with E-state index in [0.29, 0.717) is 0 Å². The maximum atomic E-state index is 12.5. The quantitative estimate of drug-likeness (QED) is 0.684. The van der Waals surface area contributed by atoms with Gasteiger partial charge in [0.15, 0.2) is 5.78 Å². The molecule has 0 aliphatic heterocycles. The number of hydrogen-bond acceptors (Lipinski definition) is 1. The van der Waals surface area contributed by atoms with Crippen LogP contribution in [0.4, 0.5) is 0 Å². The van der Waals surface area contributed by atoms with E-state index in [0.717, 1.165) is 21.2 Å². The lowest BCUT2D eigenvalue weighted by Gasteiger charge is -2.19. The van der Waals surface area contributed by atoms with E-state index in [-0.39, 0.29) is 11.2 Å². The van der Waals surface area contributed by atoms with Crippen LogP contribution in [0.25, 0.3) is 0 Å². The third-order valence-electron chi connectivity index (χ3n) is 3.45. The molecule has 0 radical (unpaired) electrons. The number of hydrogen-bond donors (Lipinski definition) is 0. The van der Waals surface area contributed by atoms with Crippen LogP contribution < -0.4 is 0 Å². The minimum atomic E-state index is 0.0791. The molecule has 0 aromatic heterocycles. The third-order valence-corrected chi connectivity index (χ3v) is 3.94. The summed E-state index contributed by atoms with van der Waals surface area (Å²) in [5, 5.41) is 0. The van der Waals surface area contributed by atoms with Crippen LogP contribution in [0.2, 0.25) is 0 Å². The van der Waals surface area contributed by atoms with Crippen molar-refractivity contribution in [3.05, 3.63) is 69.2 Å². The summed E-state index contributed by atoms with van der Waals surface area (Å²) in [6.45, 7) is 8.47. The van der Waals surface area contributed by atoms with Crippen LogP contribution in [-0.4, -0.2) is 5.78 Å². The van der Waals surface area contributed by atoms with Crippen LogP contribution in [0, 0.1) is 6.92 Å². The minimum Gasteiger partial charge on any atom is -0.289 e. The summed E-state index contributed by atoms with van der Waals surface area (Å²) in [7, 11) is 0. The maximum Gasteiger partial charge on any atom is 0.193 e. The zero-order chi connectivity index (χ0) is 14.9. The van der Waals surface area contributed by atoms with Gasteiger partial charge in [0.1, 0.15) is 0 Å². The Morgan fingerprint density at radius 1 is 1.00 bits per heavy atom. The van der Waals surface area contributed by atoms with Crippen molar-refractivity contribution in [1.82, 2.24) is 0 Å². The molecular formula is C18H19BrO. The first kappa shape index (κ1) is 15.0. The fraction of sp³-hybridized carbons (Fsp3) is 0.278. The van der Waals surface area contributed by atoms with E-state index in [9.17, 15) is 4.79 Å². The second-order valence-electron chi connectivity index (χ2n) is 6.12. The predicted molar refractivity (Wildman–Crippen MR) is 87.5 cm³/mol. The van der Waals surface area contributed by atoms with Crippen molar-refractivity contribution in [3.63, 3.8) is 0 Å². The average Bonchev–Trinajstić information content (AvgIpc) is 2.37. The van der Waals surface area contributed by atoms with E-state index >= 15 is 0 Å². The van der Waals surface area contributed by atoms with Crippen LogP contribution >= 0.6 is 15.9 Å². The highest BCUT2D eigenvalue weighted by atomic mass is 79.9. The van der Waals surface area contributed by atoms with Gasteiger partial charge in [-0.3, -0.25) is 4.79 Å². The van der Waals surface area contributed by atoms with Gasteiger partial charge in [-0.2, -0.15) is 0 Å². The van der Waals surface area contributed by atoms with Crippen LogP contribution in [-0.2, 0) is 5.41 Å². The lowest BCUT2D eigenvalue weighted by atomic mass is 9.86. The molecule has 0 amide bonds. The molecular weight excluding hydrogens is 312 g/mol. The number of benzene rings is 2. The van der Waals surface area contributed by atoms with Gasteiger partial charge in [-0.05, 0) is 41.7 Å². The summed E-state index contributed by atoms with van der Waals surface area (Å²) < 4.78 is 0.995. The Morgan fingerprint density at radius 3 is 2.10 bits per heavy atom. The standard InChI is InChI=1S/C18H19BrO/c1-12-11-15(19)9-10-16(12)17(20)13-5-7-14(8-6-13)18(2,3)4/h5-11H,1-4H3. The molecule has 2 aromatic carbocycles. The van der Waals surface area contributed by atoms with Gasteiger partial charge >= 0.3 is 0 Å². The zero-order valence-electron chi connectivity index (χ0n) is 12.3. The molecule has 0 saturated heterocycles. The van der Waals surface area contributed by atoms with Crippen molar-refractivity contribution in [2.45, 2.75) is 33.1 Å². The SMILES string of the molecule is Cc1cc(Br)ccc1C(=O)c1ccc(C(C)(C)C)cc1. The highest BCUT2D eigenvalue weighted by molar-refractivity contribution is 9.10. The van der Waals surface area contributed by atoms with Crippen LogP contribution in [0.15, 0.2) is 46.9 Å². The number of aryl methyl sites for hydroxylation is 1. The van der Waals surface area contributed by atoms with Gasteiger partial charge in [-0.25, -0.2) is 0 Å². The second kappa shape index (κ2) is 5.53. The van der Waals surface area contributed by atoms with E-state index in [1.165, 1.54) is 5.56 Å². The molecule has 0 saturated carbocycles. The van der Waals surface area contributed by atoms with E-state index in [1.807, 2.05) is 49.4 Å². The van der Waals surface area contributed by atoms with Gasteiger partial charge in [0.05, 0.1) is 0 Å². The number of carbonyl (C=O) groups is 1. The fourth-order valence-corrected chi connectivity index (χ4v) is 2.63. The van der Waals surface area contributed by atoms with Crippen molar-refractivity contribution < 1.29 is 4.79 Å². The number of ketones is 1. The fourth-order valence-electron chi connectivity index (χ4n) is 2.16. The highest BCUT2D eigenvalue weighted by Gasteiger charge is 2.16. The average molecular weight is 331 g/mol. The van der Waals surface area contributed by atoms with Crippen molar-refractivity contribution in [2.75, 3.05) is 0 Å². The Bertz CT molecular complexity index is 633. The lowest BCUT2D eigenvalue weighted by molar-refractivity contribution is 0.103. The zero-order valence-corrected chi connectivity index (χ0v) is 13.9. The molecule has 0 aliphatic carbocycles. The Balaban J connectivity index is 2.34. The summed E-state index contributed by atoms with van der Waals surface area (Å²) >= 11 is 3.42. The molecule has 104 valence electrons. The maximum absolute atomic E-state index is 12.5. The van der Waals surface area contributed by atoms with Gasteiger partial charge in [0.2, 0.25) is 0 Å². The van der Waals surface area contributed by atoms with Crippen LogP contribution in [0.5, 0.6) is 0 Å². The summed E-state index contributed by atoms with van der Waals surface area (Å²) in [6.07, 6.45) is 0. The molecule has 0 unspecified atom stereocenters. The van der Waals surface area contributed by atoms with Crippen molar-refractivity contribution in [2.24, 2.45) is 0 Å². The normalized spacial score (nSPS) is 11.4. The molecule has 0 atom stereocenters. The minimum absolute atomic E-state index is 0.0791. The molecule has 1 nitrogen and oxygen atoms in total. The van der Waals surface area contributed by atoms with E-state index in [4.69, 9.17) is 0 Å². The number of carbonyl (C=O) groups excluding carboxylic acids is 1. The molecule has 2 aromatic rings. The Kier molecular flexibility index (Phi) is 4.14. The number of rotatable bonds is 2. The van der Waals surface area contributed by atoms with E-state index in [2.05, 4.69) is 36.7 Å². The summed E-state index contributed by atoms with van der Waals surface area (Å²) in [5.41, 5.74) is 3.83. The summed E-state index contributed by atoms with van der Waals surface area (Å²) in [4.78, 5) is 12.5. The molecule has 0 heterocycles. The summed E-state index contributed by atoms with van der Waals surface area (Å²) in [5.74, 6) is 0.0791. The molecule has 0 bridgehead atoms. The molecule has 20 heavy (non-hydrogen) atoms. The monoisotopic (exact) mass is 330 g/mol. The smallest absolute Gasteiger partial charge is 0.193 e. The second-order valence-corrected chi connectivity index (χ2v) is 7.03. The molecule has 2 heteroatoms. The lowest BCUT2D eigenvalue weighted by Crippen LogP contribution is -2.11. The summed E-state index contributed by atoms with van der Waals surface area (Å²) in [6, 6.07) is 13.7. The highest BCUT2D eigenvalue weighted by Crippen LogP contribution is 2.24. The van der Waals surface area contributed by atoms with E-state index < -0.39 is 0 Å².